The number of carbonyl (C=O) groups excluding carboxylic acids is 1. The number of hydrogen-bond donors (Lipinski definition) is 1. The zero-order valence-electron chi connectivity index (χ0n) is 12.1. The lowest BCUT2D eigenvalue weighted by atomic mass is 9.80. The van der Waals surface area contributed by atoms with Crippen molar-refractivity contribution in [3.05, 3.63) is 45.5 Å². The molecule has 5 nitrogen and oxygen atoms in total. The van der Waals surface area contributed by atoms with Gasteiger partial charge in [-0.3, -0.25) is 0 Å². The molecule has 0 spiro atoms. The molecule has 1 aliphatic rings. The second-order valence-electron chi connectivity index (χ2n) is 5.65. The number of fused-ring (bicyclic) bond motifs is 1. The number of carbonyl (C=O) groups is 1. The number of phenolic OH excluding ortho intramolecular Hbond substituents is 1. The van der Waals surface area contributed by atoms with Crippen molar-refractivity contribution in [1.82, 2.24) is 9.55 Å². The second kappa shape index (κ2) is 5.18. The maximum absolute atomic E-state index is 11.5. The van der Waals surface area contributed by atoms with E-state index in [0.717, 1.165) is 5.82 Å². The molecule has 1 N–H and O–H groups in total. The Balaban J connectivity index is 1.99. The van der Waals surface area contributed by atoms with E-state index in [1.165, 1.54) is 13.2 Å². The maximum Gasteiger partial charge on any atom is 0.358 e. The van der Waals surface area contributed by atoms with Gasteiger partial charge in [-0.2, -0.15) is 0 Å². The van der Waals surface area contributed by atoms with Gasteiger partial charge in [0.2, 0.25) is 0 Å². The molecular weight excluding hydrogens is 327 g/mol. The Bertz CT molecular complexity index is 747. The van der Waals surface area contributed by atoms with Crippen LogP contribution in [0.1, 0.15) is 28.8 Å². The van der Waals surface area contributed by atoms with Crippen LogP contribution in [0.25, 0.3) is 0 Å². The number of methoxy groups -OCH3 is 1. The summed E-state index contributed by atoms with van der Waals surface area (Å²) in [5.41, 5.74) is 0.441. The summed E-state index contributed by atoms with van der Waals surface area (Å²) in [6.07, 6.45) is 2.19. The fourth-order valence-electron chi connectivity index (χ4n) is 3.00. The highest BCUT2D eigenvalue weighted by molar-refractivity contribution is 6.42. The van der Waals surface area contributed by atoms with Gasteiger partial charge in [0.15, 0.2) is 5.69 Å². The van der Waals surface area contributed by atoms with Crippen molar-refractivity contribution in [3.63, 3.8) is 0 Å². The van der Waals surface area contributed by atoms with E-state index in [2.05, 4.69) is 9.72 Å². The second-order valence-corrected chi connectivity index (χ2v) is 6.44. The molecule has 2 aromatic rings. The van der Waals surface area contributed by atoms with Gasteiger partial charge >= 0.3 is 5.97 Å². The number of nitrogens with zero attached hydrogens (tertiary/aromatic N) is 2. The van der Waals surface area contributed by atoms with Crippen molar-refractivity contribution in [2.75, 3.05) is 7.11 Å². The summed E-state index contributed by atoms with van der Waals surface area (Å²) in [7, 11) is 1.32. The van der Waals surface area contributed by atoms with Crippen LogP contribution in [0.2, 0.25) is 10.0 Å². The fraction of sp³-hybridized carbons (Fsp3) is 0.333. The largest absolute Gasteiger partial charge is 0.508 e. The van der Waals surface area contributed by atoms with Gasteiger partial charge in [-0.05, 0) is 12.1 Å². The number of aromatic hydroxyl groups is 1. The Morgan fingerprint density at radius 2 is 2.18 bits per heavy atom. The van der Waals surface area contributed by atoms with E-state index in [-0.39, 0.29) is 11.4 Å². The van der Waals surface area contributed by atoms with E-state index in [4.69, 9.17) is 23.2 Å². The summed E-state index contributed by atoms with van der Waals surface area (Å²) < 4.78 is 6.55. The number of hydrogen-bond acceptors (Lipinski definition) is 4. The molecule has 0 radical (unpaired) electrons. The Hall–Kier alpha value is -1.72. The normalized spacial score (nSPS) is 20.0. The summed E-state index contributed by atoms with van der Waals surface area (Å²) >= 11 is 12.4. The average Bonchev–Trinajstić information content (AvgIpc) is 2.97. The van der Waals surface area contributed by atoms with Gasteiger partial charge in [0.05, 0.1) is 17.2 Å². The highest BCUT2D eigenvalue weighted by Gasteiger charge is 2.40. The molecule has 1 unspecified atom stereocenters. The van der Waals surface area contributed by atoms with Crippen molar-refractivity contribution in [1.29, 1.82) is 0 Å². The average molecular weight is 341 g/mol. The molecule has 1 atom stereocenters. The van der Waals surface area contributed by atoms with Gasteiger partial charge < -0.3 is 14.4 Å². The zero-order chi connectivity index (χ0) is 16.1. The molecule has 0 aliphatic carbocycles. The number of phenols is 1. The van der Waals surface area contributed by atoms with Gasteiger partial charge in [0.25, 0.3) is 0 Å². The van der Waals surface area contributed by atoms with Crippen molar-refractivity contribution in [2.24, 2.45) is 0 Å². The molecule has 0 amide bonds. The first kappa shape index (κ1) is 15.2. The van der Waals surface area contributed by atoms with Crippen LogP contribution in [-0.2, 0) is 23.1 Å². The quantitative estimate of drug-likeness (QED) is 0.852. The highest BCUT2D eigenvalue weighted by Crippen LogP contribution is 2.45. The van der Waals surface area contributed by atoms with E-state index in [9.17, 15) is 9.90 Å². The fourth-order valence-corrected chi connectivity index (χ4v) is 3.54. The minimum Gasteiger partial charge on any atom is -0.508 e. The van der Waals surface area contributed by atoms with Crippen molar-refractivity contribution < 1.29 is 14.6 Å². The SMILES string of the molecule is COC(=O)c1cn2c(n1)CC(C)(c1c(O)ccc(Cl)c1Cl)C2. The van der Waals surface area contributed by atoms with Gasteiger partial charge in [0, 0.05) is 30.1 Å². The van der Waals surface area contributed by atoms with Crippen LogP contribution in [0.4, 0.5) is 0 Å². The predicted octanol–water partition coefficient (Wildman–Crippen LogP) is 3.20. The lowest BCUT2D eigenvalue weighted by Crippen LogP contribution is -2.25. The summed E-state index contributed by atoms with van der Waals surface area (Å²) in [5.74, 6) is 0.390. The summed E-state index contributed by atoms with van der Waals surface area (Å²) in [4.78, 5) is 15.8. The summed E-state index contributed by atoms with van der Waals surface area (Å²) in [5, 5.41) is 10.9. The van der Waals surface area contributed by atoms with Crippen LogP contribution in [0.15, 0.2) is 18.3 Å². The van der Waals surface area contributed by atoms with E-state index >= 15 is 0 Å². The molecule has 3 rings (SSSR count). The monoisotopic (exact) mass is 340 g/mol. The summed E-state index contributed by atoms with van der Waals surface area (Å²) in [6, 6.07) is 3.10. The topological polar surface area (TPSA) is 64.4 Å². The molecule has 1 aromatic heterocycles. The van der Waals surface area contributed by atoms with Gasteiger partial charge in [-0.1, -0.05) is 30.1 Å². The van der Waals surface area contributed by atoms with E-state index < -0.39 is 11.4 Å². The molecule has 0 fully saturated rings. The first-order valence-corrected chi connectivity index (χ1v) is 7.43. The van der Waals surface area contributed by atoms with Crippen LogP contribution in [-0.4, -0.2) is 27.7 Å². The molecule has 116 valence electrons. The standard InChI is InChI=1S/C15H14Cl2N2O3/c1-15(12-10(20)4-3-8(16)13(12)17)5-11-18-9(14(21)22-2)6-19(11)7-15/h3-4,6,20H,5,7H2,1-2H3. The van der Waals surface area contributed by atoms with Crippen LogP contribution in [0.3, 0.4) is 0 Å². The lowest BCUT2D eigenvalue weighted by molar-refractivity contribution is 0.0594. The molecule has 22 heavy (non-hydrogen) atoms. The molecular formula is C15H14Cl2N2O3. The highest BCUT2D eigenvalue weighted by atomic mass is 35.5. The van der Waals surface area contributed by atoms with Gasteiger partial charge in [-0.25, -0.2) is 9.78 Å². The molecule has 7 heteroatoms. The number of aromatic nitrogens is 2. The van der Waals surface area contributed by atoms with Crippen LogP contribution < -0.4 is 0 Å². The molecule has 1 aromatic carbocycles. The van der Waals surface area contributed by atoms with Crippen LogP contribution in [0.5, 0.6) is 5.75 Å². The molecule has 0 saturated heterocycles. The Kier molecular flexibility index (Phi) is 3.57. The van der Waals surface area contributed by atoms with Gasteiger partial charge in [0.1, 0.15) is 11.6 Å². The minimum atomic E-state index is -0.466. The number of halogens is 2. The van der Waals surface area contributed by atoms with E-state index in [0.29, 0.717) is 28.6 Å². The maximum atomic E-state index is 11.5. The first-order chi connectivity index (χ1) is 10.4. The molecule has 1 aliphatic heterocycles. The minimum absolute atomic E-state index is 0.107. The number of rotatable bonds is 2. The van der Waals surface area contributed by atoms with Crippen molar-refractivity contribution >= 4 is 29.2 Å². The zero-order valence-corrected chi connectivity index (χ0v) is 13.6. The predicted molar refractivity (Wildman–Crippen MR) is 82.7 cm³/mol. The molecule has 0 bridgehead atoms. The first-order valence-electron chi connectivity index (χ1n) is 6.67. The van der Waals surface area contributed by atoms with Crippen molar-refractivity contribution in [3.8, 4) is 5.75 Å². The van der Waals surface area contributed by atoms with Crippen LogP contribution in [0, 0.1) is 0 Å². The number of ether oxygens (including phenoxy) is 1. The molecule has 2 heterocycles. The Morgan fingerprint density at radius 1 is 1.45 bits per heavy atom. The van der Waals surface area contributed by atoms with E-state index in [1.807, 2.05) is 11.5 Å². The number of esters is 1. The molecule has 0 saturated carbocycles. The third kappa shape index (κ3) is 2.25. The third-order valence-electron chi connectivity index (χ3n) is 4.00. The number of benzene rings is 1. The van der Waals surface area contributed by atoms with Gasteiger partial charge in [-0.15, -0.1) is 0 Å². The smallest absolute Gasteiger partial charge is 0.358 e. The Labute approximate surface area is 137 Å². The van der Waals surface area contributed by atoms with E-state index in [1.54, 1.807) is 12.3 Å². The lowest BCUT2D eigenvalue weighted by Gasteiger charge is -2.26. The van der Waals surface area contributed by atoms with Crippen molar-refractivity contribution in [2.45, 2.75) is 25.3 Å². The third-order valence-corrected chi connectivity index (χ3v) is 4.80. The van der Waals surface area contributed by atoms with Crippen LogP contribution >= 0.6 is 23.2 Å². The number of imidazole rings is 1. The summed E-state index contributed by atoms with van der Waals surface area (Å²) in [6.45, 7) is 2.52. The Morgan fingerprint density at radius 3 is 2.82 bits per heavy atom.